The molecule has 0 spiro atoms. The molecule has 0 amide bonds. The van der Waals surface area contributed by atoms with Gasteiger partial charge >= 0.3 is 0 Å². The summed E-state index contributed by atoms with van der Waals surface area (Å²) in [5, 5.41) is 26.7. The molecule has 0 saturated heterocycles. The summed E-state index contributed by atoms with van der Waals surface area (Å²) in [6.07, 6.45) is 4.57. The van der Waals surface area contributed by atoms with Crippen LogP contribution in [0.4, 0.5) is 5.69 Å². The summed E-state index contributed by atoms with van der Waals surface area (Å²) in [5.74, 6) is 0. The number of hydrazone groups is 1. The zero-order chi connectivity index (χ0) is 24.2. The molecule has 34 heavy (non-hydrogen) atoms. The van der Waals surface area contributed by atoms with E-state index < -0.39 is 10.0 Å². The van der Waals surface area contributed by atoms with Crippen molar-refractivity contribution in [2.45, 2.75) is 4.90 Å². The standard InChI is InChI=1S/C22H24N8O2S.ClH/c1-27(2)9-10-28(3)20-6-5-17(13-23)12-22(20)33(31,32)29(4)25-15-19-16-26-30-8-7-18(14-24)11-21(19)30;/h5-8,11-12,15-16H,9-10H2,1-4H3;1H/b25-15-;. The number of fused-ring (bicyclic) bond motifs is 1. The average molecular weight is 501 g/mol. The maximum atomic E-state index is 13.4. The Kier molecular flexibility index (Phi) is 8.60. The van der Waals surface area contributed by atoms with Gasteiger partial charge < -0.3 is 9.80 Å². The summed E-state index contributed by atoms with van der Waals surface area (Å²) in [7, 11) is 2.96. The summed E-state index contributed by atoms with van der Waals surface area (Å²) in [5.41, 5.74) is 2.36. The number of halogens is 1. The summed E-state index contributed by atoms with van der Waals surface area (Å²) in [4.78, 5) is 3.83. The first-order valence-corrected chi connectivity index (χ1v) is 11.4. The van der Waals surface area contributed by atoms with E-state index in [1.54, 1.807) is 42.0 Å². The Morgan fingerprint density at radius 2 is 1.74 bits per heavy atom. The number of likely N-dealkylation sites (N-methyl/N-ethyl adjacent to an activating group) is 2. The lowest BCUT2D eigenvalue weighted by Crippen LogP contribution is -2.31. The second kappa shape index (κ2) is 11.0. The molecular weight excluding hydrogens is 476 g/mol. The predicted molar refractivity (Wildman–Crippen MR) is 133 cm³/mol. The molecule has 12 heteroatoms. The van der Waals surface area contributed by atoms with Crippen molar-refractivity contribution in [3.63, 3.8) is 0 Å². The van der Waals surface area contributed by atoms with Crippen LogP contribution in [-0.4, -0.2) is 74.8 Å². The normalized spacial score (nSPS) is 11.3. The first-order chi connectivity index (χ1) is 15.7. The van der Waals surface area contributed by atoms with E-state index in [2.05, 4.69) is 16.3 Å². The Hall–Kier alpha value is -3.64. The Labute approximate surface area is 205 Å². The first kappa shape index (κ1) is 26.6. The lowest BCUT2D eigenvalue weighted by Gasteiger charge is -2.25. The van der Waals surface area contributed by atoms with Crippen LogP contribution in [0.25, 0.3) is 5.52 Å². The van der Waals surface area contributed by atoms with Gasteiger partial charge in [-0.3, -0.25) is 0 Å². The molecule has 0 N–H and O–H groups in total. The number of anilines is 1. The number of sulfonamides is 1. The van der Waals surface area contributed by atoms with E-state index >= 15 is 0 Å². The molecule has 0 atom stereocenters. The van der Waals surface area contributed by atoms with Crippen molar-refractivity contribution in [2.75, 3.05) is 46.2 Å². The van der Waals surface area contributed by atoms with Gasteiger partial charge in [0.2, 0.25) is 0 Å². The van der Waals surface area contributed by atoms with Crippen LogP contribution in [0.5, 0.6) is 0 Å². The molecule has 0 aliphatic rings. The number of nitrogens with zero attached hydrogens (tertiary/aromatic N) is 8. The van der Waals surface area contributed by atoms with Crippen LogP contribution in [0.2, 0.25) is 0 Å². The highest BCUT2D eigenvalue weighted by Gasteiger charge is 2.25. The van der Waals surface area contributed by atoms with Crippen LogP contribution in [0.1, 0.15) is 16.7 Å². The fourth-order valence-corrected chi connectivity index (χ4v) is 4.31. The zero-order valence-electron chi connectivity index (χ0n) is 19.2. The first-order valence-electron chi connectivity index (χ1n) is 9.98. The monoisotopic (exact) mass is 500 g/mol. The Morgan fingerprint density at radius 3 is 2.38 bits per heavy atom. The molecule has 0 radical (unpaired) electrons. The van der Waals surface area contributed by atoms with Gasteiger partial charge in [0.25, 0.3) is 10.0 Å². The highest BCUT2D eigenvalue weighted by Crippen LogP contribution is 2.28. The van der Waals surface area contributed by atoms with Crippen molar-refractivity contribution >= 4 is 39.8 Å². The predicted octanol–water partition coefficient (Wildman–Crippen LogP) is 2.15. The molecule has 0 bridgehead atoms. The van der Waals surface area contributed by atoms with Gasteiger partial charge in [-0.1, -0.05) is 0 Å². The smallest absolute Gasteiger partial charge is 0.280 e. The molecule has 2 heterocycles. The van der Waals surface area contributed by atoms with Gasteiger partial charge in [0, 0.05) is 38.9 Å². The van der Waals surface area contributed by atoms with E-state index in [1.165, 1.54) is 25.5 Å². The molecule has 0 aliphatic heterocycles. The minimum atomic E-state index is -4.06. The van der Waals surface area contributed by atoms with Gasteiger partial charge in [-0.2, -0.15) is 33.6 Å². The van der Waals surface area contributed by atoms with E-state index in [1.807, 2.05) is 30.0 Å². The molecule has 3 rings (SSSR count). The number of benzene rings is 1. The quantitative estimate of drug-likeness (QED) is 0.343. The topological polar surface area (TPSA) is 121 Å². The largest absolute Gasteiger partial charge is 0.372 e. The average Bonchev–Trinajstić information content (AvgIpc) is 3.22. The van der Waals surface area contributed by atoms with Crippen LogP contribution < -0.4 is 4.90 Å². The van der Waals surface area contributed by atoms with E-state index in [4.69, 9.17) is 5.26 Å². The summed E-state index contributed by atoms with van der Waals surface area (Å²) >= 11 is 0. The molecule has 0 fully saturated rings. The molecule has 178 valence electrons. The van der Waals surface area contributed by atoms with Crippen molar-refractivity contribution in [2.24, 2.45) is 5.10 Å². The van der Waals surface area contributed by atoms with Crippen molar-refractivity contribution in [1.29, 1.82) is 10.5 Å². The Morgan fingerprint density at radius 1 is 1.06 bits per heavy atom. The van der Waals surface area contributed by atoms with Gasteiger partial charge in [0.15, 0.2) is 0 Å². The molecule has 0 aliphatic carbocycles. The summed E-state index contributed by atoms with van der Waals surface area (Å²) in [6, 6.07) is 11.9. The number of hydrogen-bond donors (Lipinski definition) is 0. The number of nitriles is 2. The second-order valence-corrected chi connectivity index (χ2v) is 9.58. The van der Waals surface area contributed by atoms with Crippen molar-refractivity contribution in [3.05, 3.63) is 59.4 Å². The number of aromatic nitrogens is 2. The minimum absolute atomic E-state index is 0. The molecular formula is C22H25ClN8O2S. The van der Waals surface area contributed by atoms with E-state index in [-0.39, 0.29) is 22.9 Å². The molecule has 0 saturated carbocycles. The third kappa shape index (κ3) is 5.64. The van der Waals surface area contributed by atoms with Crippen molar-refractivity contribution in [1.82, 2.24) is 18.9 Å². The van der Waals surface area contributed by atoms with Gasteiger partial charge in [0.1, 0.15) is 4.90 Å². The molecule has 0 unspecified atom stereocenters. The Bertz CT molecular complexity index is 1390. The SMILES string of the molecule is CN(C)CCN(C)c1ccc(C#N)cc1S(=O)(=O)N(C)/N=C\c1cnn2ccc(C#N)cc12.Cl. The lowest BCUT2D eigenvalue weighted by molar-refractivity contribution is 0.416. The van der Waals surface area contributed by atoms with Crippen LogP contribution >= 0.6 is 12.4 Å². The van der Waals surface area contributed by atoms with E-state index in [0.29, 0.717) is 28.9 Å². The van der Waals surface area contributed by atoms with Gasteiger partial charge in [-0.15, -0.1) is 12.4 Å². The molecule has 3 aromatic rings. The second-order valence-electron chi connectivity index (χ2n) is 7.66. The van der Waals surface area contributed by atoms with Crippen LogP contribution in [0.15, 0.2) is 52.7 Å². The fraction of sp³-hybridized carbons (Fsp3) is 0.273. The maximum absolute atomic E-state index is 13.4. The number of hydrogen-bond acceptors (Lipinski definition) is 8. The number of rotatable bonds is 8. The van der Waals surface area contributed by atoms with Crippen LogP contribution in [-0.2, 0) is 10.0 Å². The zero-order valence-corrected chi connectivity index (χ0v) is 20.9. The molecule has 2 aromatic heterocycles. The van der Waals surface area contributed by atoms with Crippen LogP contribution in [0, 0.1) is 22.7 Å². The van der Waals surface area contributed by atoms with Crippen molar-refractivity contribution < 1.29 is 8.42 Å². The molecule has 1 aromatic carbocycles. The summed E-state index contributed by atoms with van der Waals surface area (Å²) < 4.78 is 29.2. The lowest BCUT2D eigenvalue weighted by atomic mass is 10.2. The highest BCUT2D eigenvalue weighted by molar-refractivity contribution is 7.89. The van der Waals surface area contributed by atoms with E-state index in [0.717, 1.165) is 11.0 Å². The Balaban J connectivity index is 0.00000408. The van der Waals surface area contributed by atoms with Gasteiger partial charge in [0.05, 0.1) is 46.9 Å². The van der Waals surface area contributed by atoms with E-state index in [9.17, 15) is 13.7 Å². The minimum Gasteiger partial charge on any atom is -0.372 e. The fourth-order valence-electron chi connectivity index (χ4n) is 3.09. The third-order valence-corrected chi connectivity index (χ3v) is 6.72. The number of pyridine rings is 1. The highest BCUT2D eigenvalue weighted by atomic mass is 35.5. The van der Waals surface area contributed by atoms with Gasteiger partial charge in [-0.05, 0) is 44.4 Å². The van der Waals surface area contributed by atoms with Crippen LogP contribution in [0.3, 0.4) is 0 Å². The third-order valence-electron chi connectivity index (χ3n) is 5.05. The van der Waals surface area contributed by atoms with Crippen molar-refractivity contribution in [3.8, 4) is 12.1 Å². The maximum Gasteiger partial charge on any atom is 0.280 e. The summed E-state index contributed by atoms with van der Waals surface area (Å²) in [6.45, 7) is 1.32. The van der Waals surface area contributed by atoms with Gasteiger partial charge in [-0.25, -0.2) is 4.52 Å². The molecule has 10 nitrogen and oxygen atoms in total.